The Bertz CT molecular complexity index is 383. The maximum Gasteiger partial charge on any atom is 0.225 e. The smallest absolute Gasteiger partial charge is 0.225 e. The second-order valence-corrected chi connectivity index (χ2v) is 4.45. The highest BCUT2D eigenvalue weighted by molar-refractivity contribution is 5.82. The highest BCUT2D eigenvalue weighted by Crippen LogP contribution is 2.48. The molecule has 1 saturated carbocycles. The van der Waals surface area contributed by atoms with E-state index in [2.05, 4.69) is 0 Å². The van der Waals surface area contributed by atoms with Crippen LogP contribution in [0.1, 0.15) is 17.9 Å². The van der Waals surface area contributed by atoms with Crippen LogP contribution in [-0.2, 0) is 4.79 Å². The van der Waals surface area contributed by atoms with E-state index in [-0.39, 0.29) is 11.8 Å². The molecule has 1 aliphatic carbocycles. The number of hydrogen-bond donors (Lipinski definition) is 0. The molecule has 3 heteroatoms. The van der Waals surface area contributed by atoms with Crippen LogP contribution in [0.4, 0.5) is 0 Å². The molecular formula is C13H17NO2. The van der Waals surface area contributed by atoms with Crippen molar-refractivity contribution in [3.63, 3.8) is 0 Å². The lowest BCUT2D eigenvalue weighted by atomic mass is 10.1. The zero-order chi connectivity index (χ0) is 11.7. The summed E-state index contributed by atoms with van der Waals surface area (Å²) < 4.78 is 5.11. The number of benzene rings is 1. The number of nitrogens with zero attached hydrogens (tertiary/aromatic N) is 1. The summed E-state index contributed by atoms with van der Waals surface area (Å²) in [5, 5.41) is 0. The molecule has 0 spiro atoms. The molecule has 2 rings (SSSR count). The van der Waals surface area contributed by atoms with E-state index in [1.54, 1.807) is 12.0 Å². The minimum atomic E-state index is 0.184. The van der Waals surface area contributed by atoms with Crippen molar-refractivity contribution in [3.8, 4) is 5.75 Å². The Hall–Kier alpha value is -1.51. The minimum Gasteiger partial charge on any atom is -0.497 e. The first-order valence-corrected chi connectivity index (χ1v) is 5.48. The summed E-state index contributed by atoms with van der Waals surface area (Å²) in [7, 11) is 5.28. The highest BCUT2D eigenvalue weighted by atomic mass is 16.5. The molecule has 16 heavy (non-hydrogen) atoms. The van der Waals surface area contributed by atoms with E-state index in [9.17, 15) is 4.79 Å². The Morgan fingerprint density at radius 2 is 1.94 bits per heavy atom. The Balaban J connectivity index is 2.03. The molecule has 3 nitrogen and oxygen atoms in total. The van der Waals surface area contributed by atoms with Gasteiger partial charge in [0.2, 0.25) is 5.91 Å². The van der Waals surface area contributed by atoms with Crippen LogP contribution >= 0.6 is 0 Å². The fraction of sp³-hybridized carbons (Fsp3) is 0.462. The largest absolute Gasteiger partial charge is 0.497 e. The first-order valence-electron chi connectivity index (χ1n) is 5.48. The van der Waals surface area contributed by atoms with Gasteiger partial charge in [0.1, 0.15) is 5.75 Å². The normalized spacial score (nSPS) is 22.7. The third-order valence-corrected chi connectivity index (χ3v) is 3.09. The first-order chi connectivity index (χ1) is 7.63. The minimum absolute atomic E-state index is 0.184. The SMILES string of the molecule is COc1ccc(C2CC2C(=O)N(C)C)cc1. The lowest BCUT2D eigenvalue weighted by molar-refractivity contribution is -0.130. The maximum atomic E-state index is 11.7. The van der Waals surface area contributed by atoms with Gasteiger partial charge in [-0.2, -0.15) is 0 Å². The van der Waals surface area contributed by atoms with Gasteiger partial charge in [-0.1, -0.05) is 12.1 Å². The molecule has 0 saturated heterocycles. The topological polar surface area (TPSA) is 29.5 Å². The van der Waals surface area contributed by atoms with Gasteiger partial charge in [0, 0.05) is 20.0 Å². The van der Waals surface area contributed by atoms with Gasteiger partial charge in [-0.15, -0.1) is 0 Å². The zero-order valence-electron chi connectivity index (χ0n) is 9.93. The summed E-state index contributed by atoms with van der Waals surface area (Å²) in [4.78, 5) is 13.4. The summed E-state index contributed by atoms with van der Waals surface area (Å²) in [6.45, 7) is 0. The number of carbonyl (C=O) groups excluding carboxylic acids is 1. The van der Waals surface area contributed by atoms with Gasteiger partial charge in [0.25, 0.3) is 0 Å². The number of rotatable bonds is 3. The Morgan fingerprint density at radius 3 is 2.44 bits per heavy atom. The van der Waals surface area contributed by atoms with Gasteiger partial charge in [0.15, 0.2) is 0 Å². The number of carbonyl (C=O) groups is 1. The summed E-state index contributed by atoms with van der Waals surface area (Å²) in [5.74, 6) is 1.69. The number of amides is 1. The molecule has 0 aliphatic heterocycles. The highest BCUT2D eigenvalue weighted by Gasteiger charge is 2.44. The number of methoxy groups -OCH3 is 1. The molecule has 1 aliphatic rings. The average Bonchev–Trinajstić information content (AvgIpc) is 3.08. The van der Waals surface area contributed by atoms with Crippen molar-refractivity contribution in [3.05, 3.63) is 29.8 Å². The summed E-state index contributed by atoms with van der Waals surface area (Å²) in [6.07, 6.45) is 0.976. The maximum absolute atomic E-state index is 11.7. The van der Waals surface area contributed by atoms with Crippen LogP contribution in [0.25, 0.3) is 0 Å². The lowest BCUT2D eigenvalue weighted by Gasteiger charge is -2.09. The van der Waals surface area contributed by atoms with E-state index in [1.165, 1.54) is 5.56 Å². The molecule has 0 bridgehead atoms. The van der Waals surface area contributed by atoms with Crippen LogP contribution in [-0.4, -0.2) is 32.0 Å². The van der Waals surface area contributed by atoms with E-state index in [4.69, 9.17) is 4.74 Å². The molecule has 1 amide bonds. The van der Waals surface area contributed by atoms with Crippen LogP contribution in [0.2, 0.25) is 0 Å². The van der Waals surface area contributed by atoms with Gasteiger partial charge < -0.3 is 9.64 Å². The van der Waals surface area contributed by atoms with E-state index < -0.39 is 0 Å². The third kappa shape index (κ3) is 2.03. The molecule has 1 aromatic rings. The van der Waals surface area contributed by atoms with Crippen LogP contribution in [0.15, 0.2) is 24.3 Å². The fourth-order valence-corrected chi connectivity index (χ4v) is 2.02. The van der Waals surface area contributed by atoms with E-state index in [0.29, 0.717) is 5.92 Å². The quantitative estimate of drug-likeness (QED) is 0.777. The molecule has 2 atom stereocenters. The van der Waals surface area contributed by atoms with Crippen LogP contribution < -0.4 is 4.74 Å². The molecule has 0 aromatic heterocycles. The van der Waals surface area contributed by atoms with Crippen molar-refractivity contribution < 1.29 is 9.53 Å². The van der Waals surface area contributed by atoms with Gasteiger partial charge in [-0.05, 0) is 30.0 Å². The van der Waals surface area contributed by atoms with Crippen molar-refractivity contribution in [2.24, 2.45) is 5.92 Å². The van der Waals surface area contributed by atoms with E-state index in [0.717, 1.165) is 12.2 Å². The lowest BCUT2D eigenvalue weighted by Crippen LogP contribution is -2.23. The Labute approximate surface area is 96.0 Å². The Morgan fingerprint density at radius 1 is 1.31 bits per heavy atom. The summed E-state index contributed by atoms with van der Waals surface area (Å²) >= 11 is 0. The molecule has 1 fully saturated rings. The van der Waals surface area contributed by atoms with Gasteiger partial charge in [0.05, 0.1) is 7.11 Å². The first kappa shape index (κ1) is 11.0. The predicted octanol–water partition coefficient (Wildman–Crippen LogP) is 1.89. The zero-order valence-corrected chi connectivity index (χ0v) is 9.93. The summed E-state index contributed by atoms with van der Waals surface area (Å²) in [5.41, 5.74) is 1.24. The molecular weight excluding hydrogens is 202 g/mol. The van der Waals surface area contributed by atoms with Crippen LogP contribution in [0.3, 0.4) is 0 Å². The van der Waals surface area contributed by atoms with Crippen molar-refractivity contribution in [2.75, 3.05) is 21.2 Å². The average molecular weight is 219 g/mol. The molecule has 0 radical (unpaired) electrons. The van der Waals surface area contributed by atoms with Crippen molar-refractivity contribution in [1.82, 2.24) is 4.90 Å². The van der Waals surface area contributed by atoms with Gasteiger partial charge in [-0.3, -0.25) is 4.79 Å². The molecule has 0 N–H and O–H groups in total. The number of hydrogen-bond acceptors (Lipinski definition) is 2. The van der Waals surface area contributed by atoms with Crippen molar-refractivity contribution in [1.29, 1.82) is 0 Å². The van der Waals surface area contributed by atoms with Crippen molar-refractivity contribution >= 4 is 5.91 Å². The predicted molar refractivity (Wildman–Crippen MR) is 62.5 cm³/mol. The molecule has 0 heterocycles. The van der Waals surface area contributed by atoms with E-state index >= 15 is 0 Å². The second-order valence-electron chi connectivity index (χ2n) is 4.45. The molecule has 86 valence electrons. The van der Waals surface area contributed by atoms with Gasteiger partial charge >= 0.3 is 0 Å². The van der Waals surface area contributed by atoms with E-state index in [1.807, 2.05) is 38.4 Å². The molecule has 1 aromatic carbocycles. The van der Waals surface area contributed by atoms with Crippen LogP contribution in [0.5, 0.6) is 5.75 Å². The number of ether oxygens (including phenoxy) is 1. The molecule has 2 unspecified atom stereocenters. The van der Waals surface area contributed by atoms with Gasteiger partial charge in [-0.25, -0.2) is 0 Å². The summed E-state index contributed by atoms with van der Waals surface area (Å²) in [6, 6.07) is 7.99. The van der Waals surface area contributed by atoms with Crippen LogP contribution in [0, 0.1) is 5.92 Å². The third-order valence-electron chi connectivity index (χ3n) is 3.09. The standard InChI is InChI=1S/C13H17NO2/c1-14(2)13(15)12-8-11(12)9-4-6-10(16-3)7-5-9/h4-7,11-12H,8H2,1-3H3. The second kappa shape index (κ2) is 4.16. The fourth-order valence-electron chi connectivity index (χ4n) is 2.02. The monoisotopic (exact) mass is 219 g/mol. The van der Waals surface area contributed by atoms with Crippen molar-refractivity contribution in [2.45, 2.75) is 12.3 Å². The Kier molecular flexibility index (Phi) is 2.86.